The second-order valence-electron chi connectivity index (χ2n) is 8.60. The Balaban J connectivity index is 1.29. The number of nitrogens with zero attached hydrogens (tertiary/aromatic N) is 2. The van der Waals surface area contributed by atoms with Gasteiger partial charge in [-0.2, -0.15) is 0 Å². The second kappa shape index (κ2) is 11.2. The molecular formula is C25H31BrN2O4. The normalized spacial score (nSPS) is 21.6. The number of amides is 1. The Labute approximate surface area is 198 Å². The van der Waals surface area contributed by atoms with Crippen molar-refractivity contribution in [2.45, 2.75) is 12.8 Å². The van der Waals surface area contributed by atoms with E-state index >= 15 is 0 Å². The Hall–Kier alpha value is -2.09. The highest BCUT2D eigenvalue weighted by Gasteiger charge is 2.31. The van der Waals surface area contributed by atoms with Crippen LogP contribution in [0.2, 0.25) is 0 Å². The third-order valence-corrected chi connectivity index (χ3v) is 6.91. The van der Waals surface area contributed by atoms with Crippen molar-refractivity contribution in [1.29, 1.82) is 0 Å². The van der Waals surface area contributed by atoms with Gasteiger partial charge in [0.1, 0.15) is 12.4 Å². The molecule has 2 aliphatic heterocycles. The summed E-state index contributed by atoms with van der Waals surface area (Å²) in [6.45, 7) is 5.45. The van der Waals surface area contributed by atoms with E-state index in [9.17, 15) is 4.79 Å². The summed E-state index contributed by atoms with van der Waals surface area (Å²) in [5.41, 5.74) is 2.19. The molecule has 0 aliphatic carbocycles. The summed E-state index contributed by atoms with van der Waals surface area (Å²) in [7, 11) is 1.68. The topological polar surface area (TPSA) is 51.2 Å². The minimum Gasteiger partial charge on any atom is -0.491 e. The van der Waals surface area contributed by atoms with Crippen molar-refractivity contribution >= 4 is 27.7 Å². The van der Waals surface area contributed by atoms with E-state index in [2.05, 4.69) is 33.0 Å². The zero-order valence-electron chi connectivity index (χ0n) is 18.5. The van der Waals surface area contributed by atoms with Gasteiger partial charge in [0.2, 0.25) is 0 Å². The Morgan fingerprint density at radius 3 is 2.75 bits per heavy atom. The van der Waals surface area contributed by atoms with Crippen molar-refractivity contribution in [3.05, 3.63) is 58.6 Å². The van der Waals surface area contributed by atoms with Gasteiger partial charge in [-0.15, -0.1) is 0 Å². The lowest BCUT2D eigenvalue weighted by Gasteiger charge is -2.34. The lowest BCUT2D eigenvalue weighted by Crippen LogP contribution is -2.46. The maximum atomic E-state index is 12.2. The summed E-state index contributed by atoms with van der Waals surface area (Å²) >= 11 is 3.70. The highest BCUT2D eigenvalue weighted by molar-refractivity contribution is 9.10. The molecule has 2 aromatic rings. The minimum atomic E-state index is -0.246. The van der Waals surface area contributed by atoms with Crippen LogP contribution in [0.3, 0.4) is 0 Å². The molecule has 0 spiro atoms. The number of carbonyl (C=O) groups is 1. The average molecular weight is 503 g/mol. The second-order valence-corrected chi connectivity index (χ2v) is 9.46. The summed E-state index contributed by atoms with van der Waals surface area (Å²) in [6.07, 6.45) is 1.95. The number of para-hydroxylation sites is 1. The Morgan fingerprint density at radius 1 is 1.09 bits per heavy atom. The first-order valence-electron chi connectivity index (χ1n) is 11.2. The number of cyclic esters (lactones) is 1. The fraction of sp³-hybridized carbons (Fsp3) is 0.480. The quantitative estimate of drug-likeness (QED) is 0.468. The number of halogens is 1. The molecule has 0 radical (unpaired) electrons. The predicted molar refractivity (Wildman–Crippen MR) is 128 cm³/mol. The molecule has 2 fully saturated rings. The van der Waals surface area contributed by atoms with Crippen molar-refractivity contribution < 1.29 is 19.0 Å². The number of ether oxygens (including phenoxy) is 3. The molecule has 172 valence electrons. The first-order valence-corrected chi connectivity index (χ1v) is 12.0. The van der Waals surface area contributed by atoms with E-state index in [0.717, 1.165) is 42.0 Å². The van der Waals surface area contributed by atoms with Crippen LogP contribution in [0.1, 0.15) is 12.0 Å². The third-order valence-electron chi connectivity index (χ3n) is 6.14. The summed E-state index contributed by atoms with van der Waals surface area (Å²) in [6, 6.07) is 16.0. The van der Waals surface area contributed by atoms with E-state index in [4.69, 9.17) is 14.2 Å². The maximum Gasteiger partial charge on any atom is 0.414 e. The van der Waals surface area contributed by atoms with Gasteiger partial charge in [-0.05, 0) is 61.2 Å². The van der Waals surface area contributed by atoms with E-state index in [0.29, 0.717) is 38.2 Å². The number of likely N-dealkylation sites (tertiary alicyclic amines) is 1. The lowest BCUT2D eigenvalue weighted by atomic mass is 9.98. The molecule has 2 aliphatic rings. The van der Waals surface area contributed by atoms with Crippen molar-refractivity contribution in [3.8, 4) is 5.75 Å². The standard InChI is InChI=1S/C25H31BrN2O4/c1-30-11-12-31-23-7-8-24(26)21(14-23)13-19-9-10-27(15-19)16-20-17-28(25(29)32-18-20)22-5-3-2-4-6-22/h2-8,14,19-20H,9-13,15-18H2,1H3. The molecule has 0 N–H and O–H groups in total. The molecular weight excluding hydrogens is 472 g/mol. The zero-order valence-corrected chi connectivity index (χ0v) is 20.1. The molecule has 2 atom stereocenters. The number of carbonyl (C=O) groups excluding carboxylic acids is 1. The number of hydrogen-bond donors (Lipinski definition) is 0. The van der Waals surface area contributed by atoms with E-state index in [1.165, 1.54) is 12.0 Å². The third kappa shape index (κ3) is 6.03. The number of methoxy groups -OCH3 is 1. The molecule has 7 heteroatoms. The summed E-state index contributed by atoms with van der Waals surface area (Å²) in [5, 5.41) is 0. The van der Waals surface area contributed by atoms with Gasteiger partial charge in [0.25, 0.3) is 0 Å². The number of rotatable bonds is 9. The van der Waals surface area contributed by atoms with Crippen LogP contribution in [0.25, 0.3) is 0 Å². The highest BCUT2D eigenvalue weighted by Crippen LogP contribution is 2.29. The van der Waals surface area contributed by atoms with Crippen LogP contribution in [-0.4, -0.2) is 64.1 Å². The van der Waals surface area contributed by atoms with Crippen LogP contribution in [-0.2, 0) is 15.9 Å². The fourth-order valence-corrected chi connectivity index (χ4v) is 4.95. The van der Waals surface area contributed by atoms with Gasteiger partial charge in [0.15, 0.2) is 0 Å². The predicted octanol–water partition coefficient (Wildman–Crippen LogP) is 4.61. The molecule has 0 aromatic heterocycles. The Kier molecular flexibility index (Phi) is 8.05. The van der Waals surface area contributed by atoms with E-state index in [1.807, 2.05) is 36.4 Å². The number of benzene rings is 2. The van der Waals surface area contributed by atoms with E-state index in [1.54, 1.807) is 12.0 Å². The summed E-state index contributed by atoms with van der Waals surface area (Å²) < 4.78 is 17.5. The SMILES string of the molecule is COCCOc1ccc(Br)c(CC2CCN(CC3COC(=O)N(c4ccccc4)C3)C2)c1. The van der Waals surface area contributed by atoms with Crippen LogP contribution >= 0.6 is 15.9 Å². The first-order chi connectivity index (χ1) is 15.6. The van der Waals surface area contributed by atoms with Gasteiger partial charge in [-0.25, -0.2) is 4.79 Å². The molecule has 2 unspecified atom stereocenters. The molecule has 32 heavy (non-hydrogen) atoms. The zero-order chi connectivity index (χ0) is 22.3. The van der Waals surface area contributed by atoms with Crippen LogP contribution in [0, 0.1) is 11.8 Å². The van der Waals surface area contributed by atoms with Gasteiger partial charge in [-0.3, -0.25) is 4.90 Å². The van der Waals surface area contributed by atoms with Crippen molar-refractivity contribution in [2.24, 2.45) is 11.8 Å². The molecule has 1 amide bonds. The van der Waals surface area contributed by atoms with E-state index < -0.39 is 0 Å². The average Bonchev–Trinajstić information content (AvgIpc) is 3.24. The Morgan fingerprint density at radius 2 is 1.94 bits per heavy atom. The highest BCUT2D eigenvalue weighted by atomic mass is 79.9. The molecule has 2 aromatic carbocycles. The van der Waals surface area contributed by atoms with Crippen LogP contribution in [0.5, 0.6) is 5.75 Å². The molecule has 2 heterocycles. The van der Waals surface area contributed by atoms with Gasteiger partial charge < -0.3 is 19.1 Å². The number of hydrogen-bond acceptors (Lipinski definition) is 5. The fourth-order valence-electron chi connectivity index (χ4n) is 4.54. The van der Waals surface area contributed by atoms with Gasteiger partial charge in [-0.1, -0.05) is 34.1 Å². The molecule has 4 rings (SSSR count). The summed E-state index contributed by atoms with van der Waals surface area (Å²) in [4.78, 5) is 16.5. The van der Waals surface area contributed by atoms with Gasteiger partial charge in [0.05, 0.1) is 13.2 Å². The smallest absolute Gasteiger partial charge is 0.414 e. The van der Waals surface area contributed by atoms with Gasteiger partial charge >= 0.3 is 6.09 Å². The maximum absolute atomic E-state index is 12.2. The minimum absolute atomic E-state index is 0.246. The molecule has 0 bridgehead atoms. The van der Waals surface area contributed by atoms with Crippen LogP contribution in [0.4, 0.5) is 10.5 Å². The van der Waals surface area contributed by atoms with Crippen molar-refractivity contribution in [1.82, 2.24) is 4.90 Å². The molecule has 0 saturated carbocycles. The number of anilines is 1. The molecule has 2 saturated heterocycles. The van der Waals surface area contributed by atoms with Crippen molar-refractivity contribution in [3.63, 3.8) is 0 Å². The monoisotopic (exact) mass is 502 g/mol. The largest absolute Gasteiger partial charge is 0.491 e. The van der Waals surface area contributed by atoms with E-state index in [-0.39, 0.29) is 6.09 Å². The van der Waals surface area contributed by atoms with Gasteiger partial charge in [0, 0.05) is 42.8 Å². The lowest BCUT2D eigenvalue weighted by molar-refractivity contribution is 0.101. The summed E-state index contributed by atoms with van der Waals surface area (Å²) in [5.74, 6) is 1.81. The van der Waals surface area contributed by atoms with Crippen LogP contribution in [0.15, 0.2) is 53.0 Å². The van der Waals surface area contributed by atoms with Crippen LogP contribution < -0.4 is 9.64 Å². The first kappa shape index (κ1) is 23.1. The van der Waals surface area contributed by atoms with Crippen molar-refractivity contribution in [2.75, 3.05) is 58.0 Å². The Bertz CT molecular complexity index is 895. The molecule has 6 nitrogen and oxygen atoms in total.